The number of carbonyl (C=O) groups is 1. The van der Waals surface area contributed by atoms with E-state index in [1.54, 1.807) is 0 Å². The first kappa shape index (κ1) is 18.0. The van der Waals surface area contributed by atoms with Crippen molar-refractivity contribution < 1.29 is 14.6 Å². The lowest BCUT2D eigenvalue weighted by atomic mass is 9.80. The molecule has 0 bridgehead atoms. The second-order valence-corrected chi connectivity index (χ2v) is 6.50. The van der Waals surface area contributed by atoms with E-state index in [1.807, 2.05) is 37.4 Å². The van der Waals surface area contributed by atoms with Crippen LogP contribution in [0.2, 0.25) is 0 Å². The van der Waals surface area contributed by atoms with Crippen molar-refractivity contribution in [3.8, 4) is 0 Å². The second kappa shape index (κ2) is 8.46. The van der Waals surface area contributed by atoms with Crippen LogP contribution in [0.5, 0.6) is 0 Å². The van der Waals surface area contributed by atoms with E-state index in [4.69, 9.17) is 4.74 Å². The molecular weight excluding hydrogens is 290 g/mol. The molecule has 0 spiro atoms. The van der Waals surface area contributed by atoms with E-state index >= 15 is 0 Å². The van der Waals surface area contributed by atoms with Crippen LogP contribution in [-0.4, -0.2) is 42.7 Å². The highest BCUT2D eigenvalue weighted by molar-refractivity contribution is 5.81. The van der Waals surface area contributed by atoms with Crippen molar-refractivity contribution in [2.45, 2.75) is 44.6 Å². The molecule has 1 aliphatic carbocycles. The van der Waals surface area contributed by atoms with Gasteiger partial charge in [0.25, 0.3) is 0 Å². The molecule has 0 heterocycles. The third-order valence-corrected chi connectivity index (χ3v) is 4.93. The zero-order chi connectivity index (χ0) is 16.7. The minimum absolute atomic E-state index is 0.0456. The Morgan fingerprint density at radius 2 is 1.96 bits per heavy atom. The first-order valence-corrected chi connectivity index (χ1v) is 8.72. The summed E-state index contributed by atoms with van der Waals surface area (Å²) in [5.41, 5.74) is -0.850. The van der Waals surface area contributed by atoms with E-state index in [0.717, 1.165) is 45.2 Å². The van der Waals surface area contributed by atoms with Crippen LogP contribution in [0.4, 0.5) is 0 Å². The molecule has 1 fully saturated rings. The number of rotatable bonds is 8. The Balaban J connectivity index is 2.04. The smallest absolute Gasteiger partial charge is 0.343 e. The van der Waals surface area contributed by atoms with Gasteiger partial charge >= 0.3 is 5.97 Å². The Morgan fingerprint density at radius 3 is 2.57 bits per heavy atom. The number of esters is 1. The summed E-state index contributed by atoms with van der Waals surface area (Å²) in [6, 6.07) is 9.26. The van der Waals surface area contributed by atoms with Crippen LogP contribution in [0.3, 0.4) is 0 Å². The van der Waals surface area contributed by atoms with Crippen LogP contribution < -0.4 is 0 Å². The fourth-order valence-corrected chi connectivity index (χ4v) is 3.32. The molecule has 1 aromatic carbocycles. The van der Waals surface area contributed by atoms with Crippen LogP contribution in [-0.2, 0) is 15.1 Å². The molecule has 0 amide bonds. The minimum atomic E-state index is -1.51. The van der Waals surface area contributed by atoms with Gasteiger partial charge < -0.3 is 14.7 Å². The molecule has 1 unspecified atom stereocenters. The lowest BCUT2D eigenvalue weighted by Gasteiger charge is -2.32. The number of hydrogen-bond acceptors (Lipinski definition) is 4. The number of hydrogen-bond donors (Lipinski definition) is 1. The van der Waals surface area contributed by atoms with Crippen LogP contribution in [0, 0.1) is 5.92 Å². The first-order chi connectivity index (χ1) is 11.1. The van der Waals surface area contributed by atoms with E-state index in [9.17, 15) is 9.90 Å². The van der Waals surface area contributed by atoms with E-state index < -0.39 is 11.6 Å². The Bertz CT molecular complexity index is 485. The zero-order valence-electron chi connectivity index (χ0n) is 14.3. The molecule has 1 atom stereocenters. The van der Waals surface area contributed by atoms with E-state index in [-0.39, 0.29) is 5.92 Å². The van der Waals surface area contributed by atoms with Gasteiger partial charge in [-0.25, -0.2) is 4.79 Å². The quantitative estimate of drug-likeness (QED) is 0.591. The largest absolute Gasteiger partial charge is 0.463 e. The minimum Gasteiger partial charge on any atom is -0.463 e. The van der Waals surface area contributed by atoms with Crippen molar-refractivity contribution in [2.75, 3.05) is 26.7 Å². The summed E-state index contributed by atoms with van der Waals surface area (Å²) >= 11 is 0. The number of carbonyl (C=O) groups excluding carboxylic acids is 1. The summed E-state index contributed by atoms with van der Waals surface area (Å²) in [5.74, 6) is -0.537. The van der Waals surface area contributed by atoms with Crippen LogP contribution in [0.25, 0.3) is 0 Å². The lowest BCUT2D eigenvalue weighted by Crippen LogP contribution is -2.43. The third kappa shape index (κ3) is 4.33. The highest BCUT2D eigenvalue weighted by Crippen LogP contribution is 2.41. The molecule has 1 saturated carbocycles. The summed E-state index contributed by atoms with van der Waals surface area (Å²) in [6.45, 7) is 4.31. The fraction of sp³-hybridized carbons (Fsp3) is 0.632. The molecule has 4 nitrogen and oxygen atoms in total. The monoisotopic (exact) mass is 319 g/mol. The molecule has 4 heteroatoms. The number of benzene rings is 1. The molecule has 128 valence electrons. The molecule has 1 aliphatic rings. The zero-order valence-corrected chi connectivity index (χ0v) is 14.3. The average Bonchev–Trinajstić information content (AvgIpc) is 3.13. The van der Waals surface area contributed by atoms with Crippen molar-refractivity contribution in [2.24, 2.45) is 5.92 Å². The maximum Gasteiger partial charge on any atom is 0.343 e. The summed E-state index contributed by atoms with van der Waals surface area (Å²) in [7, 11) is 2.04. The Hall–Kier alpha value is -1.39. The Morgan fingerprint density at radius 1 is 1.30 bits per heavy atom. The van der Waals surface area contributed by atoms with Gasteiger partial charge in [0.2, 0.25) is 0 Å². The molecule has 2 rings (SSSR count). The SMILES string of the molecule is CCN(C)CCCOC(=O)C(O)(c1ccccc1)C1CCCC1. The van der Waals surface area contributed by atoms with Crippen LogP contribution >= 0.6 is 0 Å². The van der Waals surface area contributed by atoms with Gasteiger partial charge in [-0.15, -0.1) is 0 Å². The van der Waals surface area contributed by atoms with Gasteiger partial charge in [0.1, 0.15) is 0 Å². The van der Waals surface area contributed by atoms with E-state index in [0.29, 0.717) is 12.2 Å². The van der Waals surface area contributed by atoms with Gasteiger partial charge in [-0.3, -0.25) is 0 Å². The maximum absolute atomic E-state index is 12.7. The van der Waals surface area contributed by atoms with Crippen molar-refractivity contribution in [3.05, 3.63) is 35.9 Å². The highest BCUT2D eigenvalue weighted by atomic mass is 16.5. The predicted octanol–water partition coefficient (Wildman–Crippen LogP) is 2.95. The molecule has 1 N–H and O–H groups in total. The topological polar surface area (TPSA) is 49.8 Å². The lowest BCUT2D eigenvalue weighted by molar-refractivity contribution is -0.174. The van der Waals surface area contributed by atoms with E-state index in [2.05, 4.69) is 11.8 Å². The number of ether oxygens (including phenoxy) is 1. The van der Waals surface area contributed by atoms with E-state index in [1.165, 1.54) is 0 Å². The molecule has 23 heavy (non-hydrogen) atoms. The predicted molar refractivity (Wildman–Crippen MR) is 91.0 cm³/mol. The van der Waals surface area contributed by atoms with Gasteiger partial charge in [0, 0.05) is 12.5 Å². The van der Waals surface area contributed by atoms with Gasteiger partial charge in [-0.1, -0.05) is 50.1 Å². The van der Waals surface area contributed by atoms with Crippen LogP contribution in [0.15, 0.2) is 30.3 Å². The van der Waals surface area contributed by atoms with Crippen molar-refractivity contribution in [1.29, 1.82) is 0 Å². The molecule has 0 saturated heterocycles. The highest BCUT2D eigenvalue weighted by Gasteiger charge is 2.47. The second-order valence-electron chi connectivity index (χ2n) is 6.50. The third-order valence-electron chi connectivity index (χ3n) is 4.93. The number of nitrogens with zero attached hydrogens (tertiary/aromatic N) is 1. The first-order valence-electron chi connectivity index (χ1n) is 8.72. The fourth-order valence-electron chi connectivity index (χ4n) is 3.32. The van der Waals surface area contributed by atoms with Gasteiger partial charge in [-0.05, 0) is 38.4 Å². The molecular formula is C19H29NO3. The van der Waals surface area contributed by atoms with Gasteiger partial charge in [-0.2, -0.15) is 0 Å². The van der Waals surface area contributed by atoms with Crippen molar-refractivity contribution in [3.63, 3.8) is 0 Å². The summed E-state index contributed by atoms with van der Waals surface area (Å²) in [6.07, 6.45) is 4.66. The van der Waals surface area contributed by atoms with Crippen LogP contribution in [0.1, 0.15) is 44.6 Å². The Labute approximate surface area is 139 Å². The Kier molecular flexibility index (Phi) is 6.60. The maximum atomic E-state index is 12.7. The van der Waals surface area contributed by atoms with Gasteiger partial charge in [0.15, 0.2) is 5.60 Å². The summed E-state index contributed by atoms with van der Waals surface area (Å²) in [5, 5.41) is 11.2. The number of aliphatic hydroxyl groups is 1. The summed E-state index contributed by atoms with van der Waals surface area (Å²) < 4.78 is 5.45. The van der Waals surface area contributed by atoms with Gasteiger partial charge in [0.05, 0.1) is 6.61 Å². The molecule has 1 aromatic rings. The molecule has 0 aromatic heterocycles. The normalized spacial score (nSPS) is 18.1. The molecule has 0 radical (unpaired) electrons. The molecule has 0 aliphatic heterocycles. The summed E-state index contributed by atoms with van der Waals surface area (Å²) in [4.78, 5) is 14.9. The average molecular weight is 319 g/mol. The standard InChI is InChI=1S/C19H29NO3/c1-3-20(2)14-9-15-23-18(21)19(22,17-12-7-8-13-17)16-10-5-4-6-11-16/h4-6,10-11,17,22H,3,7-9,12-15H2,1-2H3. The van der Waals surface area contributed by atoms with Crippen molar-refractivity contribution in [1.82, 2.24) is 4.90 Å². The van der Waals surface area contributed by atoms with Crippen molar-refractivity contribution >= 4 is 5.97 Å².